The van der Waals surface area contributed by atoms with E-state index in [-0.39, 0.29) is 5.78 Å². The molecule has 90 valence electrons. The third kappa shape index (κ3) is 3.45. The van der Waals surface area contributed by atoms with Gasteiger partial charge in [-0.1, -0.05) is 18.2 Å². The quantitative estimate of drug-likeness (QED) is 0.794. The van der Waals surface area contributed by atoms with Gasteiger partial charge in [0.25, 0.3) is 0 Å². The first kappa shape index (κ1) is 11.9. The van der Waals surface area contributed by atoms with E-state index in [1.165, 1.54) is 5.56 Å². The minimum absolute atomic E-state index is 0.274. The van der Waals surface area contributed by atoms with Gasteiger partial charge in [-0.2, -0.15) is 0 Å². The predicted octanol–water partition coefficient (Wildman–Crippen LogP) is 3.16. The Morgan fingerprint density at radius 2 is 2.06 bits per heavy atom. The minimum atomic E-state index is 0.274. The Morgan fingerprint density at radius 1 is 1.29 bits per heavy atom. The van der Waals surface area contributed by atoms with E-state index in [4.69, 9.17) is 4.74 Å². The van der Waals surface area contributed by atoms with Crippen molar-refractivity contribution in [3.8, 4) is 5.75 Å². The standard InChI is InChI=1S/C15H18O2/c1-17-15-9-7-12(8-10-15)5-6-13-3-2-4-14(16)11-13/h2,4,7-10,13H,3,5-6,11H2,1H3. The SMILES string of the molecule is COc1ccc(CCC2CC=CC(=O)C2)cc1. The molecule has 0 saturated carbocycles. The number of allylic oxidation sites excluding steroid dienone is 2. The lowest BCUT2D eigenvalue weighted by Crippen LogP contribution is -2.11. The van der Waals surface area contributed by atoms with Crippen LogP contribution in [0.5, 0.6) is 5.75 Å². The number of carbonyl (C=O) groups excluding carboxylic acids is 1. The van der Waals surface area contributed by atoms with Crippen molar-refractivity contribution in [3.63, 3.8) is 0 Å². The number of methoxy groups -OCH3 is 1. The topological polar surface area (TPSA) is 26.3 Å². The Morgan fingerprint density at radius 3 is 2.71 bits per heavy atom. The third-order valence-electron chi connectivity index (χ3n) is 3.26. The Labute approximate surface area is 102 Å². The molecule has 0 spiro atoms. The van der Waals surface area contributed by atoms with E-state index in [0.29, 0.717) is 12.3 Å². The Hall–Kier alpha value is -1.57. The fraction of sp³-hybridized carbons (Fsp3) is 0.400. The van der Waals surface area contributed by atoms with Gasteiger partial charge in [0, 0.05) is 6.42 Å². The summed E-state index contributed by atoms with van der Waals surface area (Å²) in [4.78, 5) is 11.3. The van der Waals surface area contributed by atoms with Crippen LogP contribution in [0.2, 0.25) is 0 Å². The highest BCUT2D eigenvalue weighted by Gasteiger charge is 2.14. The first-order valence-corrected chi connectivity index (χ1v) is 6.10. The average molecular weight is 230 g/mol. The summed E-state index contributed by atoms with van der Waals surface area (Å²) in [6.45, 7) is 0. The number of aryl methyl sites for hydroxylation is 1. The largest absolute Gasteiger partial charge is 0.497 e. The lowest BCUT2D eigenvalue weighted by Gasteiger charge is -2.16. The highest BCUT2D eigenvalue weighted by molar-refractivity contribution is 5.90. The molecule has 2 heteroatoms. The zero-order chi connectivity index (χ0) is 12.1. The number of rotatable bonds is 4. The van der Waals surface area contributed by atoms with Crippen LogP contribution in [0.25, 0.3) is 0 Å². The summed E-state index contributed by atoms with van der Waals surface area (Å²) in [5.41, 5.74) is 1.31. The van der Waals surface area contributed by atoms with E-state index >= 15 is 0 Å². The van der Waals surface area contributed by atoms with Gasteiger partial charge in [-0.3, -0.25) is 4.79 Å². The molecule has 1 aromatic carbocycles. The van der Waals surface area contributed by atoms with Crippen LogP contribution in [0, 0.1) is 5.92 Å². The van der Waals surface area contributed by atoms with Gasteiger partial charge in [0.1, 0.15) is 5.75 Å². The molecule has 1 unspecified atom stereocenters. The minimum Gasteiger partial charge on any atom is -0.497 e. The Balaban J connectivity index is 1.85. The maximum Gasteiger partial charge on any atom is 0.155 e. The molecule has 1 atom stereocenters. The van der Waals surface area contributed by atoms with E-state index < -0.39 is 0 Å². The van der Waals surface area contributed by atoms with Crippen LogP contribution >= 0.6 is 0 Å². The molecule has 2 nitrogen and oxygen atoms in total. The van der Waals surface area contributed by atoms with Crippen LogP contribution in [-0.4, -0.2) is 12.9 Å². The van der Waals surface area contributed by atoms with Gasteiger partial charge in [0.15, 0.2) is 5.78 Å². The van der Waals surface area contributed by atoms with Crippen molar-refractivity contribution >= 4 is 5.78 Å². The normalized spacial score (nSPS) is 19.4. The number of hydrogen-bond donors (Lipinski definition) is 0. The fourth-order valence-electron chi connectivity index (χ4n) is 2.21. The number of ether oxygens (including phenoxy) is 1. The zero-order valence-corrected chi connectivity index (χ0v) is 10.2. The lowest BCUT2D eigenvalue weighted by atomic mass is 9.88. The molecule has 0 saturated heterocycles. The molecule has 17 heavy (non-hydrogen) atoms. The average Bonchev–Trinajstić information content (AvgIpc) is 2.37. The van der Waals surface area contributed by atoms with Crippen molar-refractivity contribution in [2.75, 3.05) is 7.11 Å². The van der Waals surface area contributed by atoms with Gasteiger partial charge in [-0.15, -0.1) is 0 Å². The van der Waals surface area contributed by atoms with E-state index in [2.05, 4.69) is 12.1 Å². The molecule has 0 heterocycles. The highest BCUT2D eigenvalue weighted by Crippen LogP contribution is 2.22. The zero-order valence-electron chi connectivity index (χ0n) is 10.2. The molecule has 1 aliphatic carbocycles. The molecule has 2 rings (SSSR count). The molecule has 1 aromatic rings. The highest BCUT2D eigenvalue weighted by atomic mass is 16.5. The molecule has 0 aliphatic heterocycles. The molecular weight excluding hydrogens is 212 g/mol. The molecule has 0 N–H and O–H groups in total. The molecule has 0 fully saturated rings. The van der Waals surface area contributed by atoms with Gasteiger partial charge in [-0.05, 0) is 49.0 Å². The van der Waals surface area contributed by atoms with Gasteiger partial charge in [0.2, 0.25) is 0 Å². The van der Waals surface area contributed by atoms with Crippen molar-refractivity contribution in [2.45, 2.75) is 25.7 Å². The van der Waals surface area contributed by atoms with Gasteiger partial charge in [0.05, 0.1) is 7.11 Å². The monoisotopic (exact) mass is 230 g/mol. The van der Waals surface area contributed by atoms with E-state index in [9.17, 15) is 4.79 Å². The van der Waals surface area contributed by atoms with Crippen molar-refractivity contribution in [2.24, 2.45) is 5.92 Å². The van der Waals surface area contributed by atoms with Crippen LogP contribution in [-0.2, 0) is 11.2 Å². The second kappa shape index (κ2) is 5.67. The second-order valence-electron chi connectivity index (χ2n) is 4.56. The molecule has 0 bridgehead atoms. The Kier molecular flexibility index (Phi) is 3.97. The molecule has 1 aliphatic rings. The molecule has 0 radical (unpaired) electrons. The van der Waals surface area contributed by atoms with Crippen LogP contribution in [0.1, 0.15) is 24.8 Å². The number of hydrogen-bond acceptors (Lipinski definition) is 2. The third-order valence-corrected chi connectivity index (χ3v) is 3.26. The van der Waals surface area contributed by atoms with E-state index in [1.807, 2.05) is 18.2 Å². The summed E-state index contributed by atoms with van der Waals surface area (Å²) >= 11 is 0. The van der Waals surface area contributed by atoms with Gasteiger partial charge >= 0.3 is 0 Å². The predicted molar refractivity (Wildman–Crippen MR) is 68.2 cm³/mol. The smallest absolute Gasteiger partial charge is 0.155 e. The van der Waals surface area contributed by atoms with Crippen molar-refractivity contribution < 1.29 is 9.53 Å². The Bertz CT molecular complexity index is 403. The van der Waals surface area contributed by atoms with Crippen molar-refractivity contribution in [3.05, 3.63) is 42.0 Å². The molecule has 0 amide bonds. The summed E-state index contributed by atoms with van der Waals surface area (Å²) in [6, 6.07) is 8.17. The fourth-order valence-corrected chi connectivity index (χ4v) is 2.21. The van der Waals surface area contributed by atoms with E-state index in [1.54, 1.807) is 13.2 Å². The summed E-state index contributed by atoms with van der Waals surface area (Å²) < 4.78 is 5.12. The number of ketones is 1. The summed E-state index contributed by atoms with van der Waals surface area (Å²) in [5.74, 6) is 1.69. The summed E-state index contributed by atoms with van der Waals surface area (Å²) in [5, 5.41) is 0. The van der Waals surface area contributed by atoms with Gasteiger partial charge in [-0.25, -0.2) is 0 Å². The summed E-state index contributed by atoms with van der Waals surface area (Å²) in [7, 11) is 1.68. The number of carbonyl (C=O) groups is 1. The molecular formula is C15H18O2. The molecule has 0 aromatic heterocycles. The maximum atomic E-state index is 11.3. The summed E-state index contributed by atoms with van der Waals surface area (Å²) in [6.07, 6.45) is 7.60. The number of benzene rings is 1. The van der Waals surface area contributed by atoms with Crippen LogP contribution < -0.4 is 4.74 Å². The van der Waals surface area contributed by atoms with Crippen molar-refractivity contribution in [1.82, 2.24) is 0 Å². The lowest BCUT2D eigenvalue weighted by molar-refractivity contribution is -0.115. The maximum absolute atomic E-state index is 11.3. The van der Waals surface area contributed by atoms with E-state index in [0.717, 1.165) is 25.0 Å². The van der Waals surface area contributed by atoms with Crippen molar-refractivity contribution in [1.29, 1.82) is 0 Å². The second-order valence-corrected chi connectivity index (χ2v) is 4.56. The van der Waals surface area contributed by atoms with Crippen LogP contribution in [0.3, 0.4) is 0 Å². The van der Waals surface area contributed by atoms with Gasteiger partial charge < -0.3 is 4.74 Å². The van der Waals surface area contributed by atoms with Crippen LogP contribution in [0.15, 0.2) is 36.4 Å². The van der Waals surface area contributed by atoms with Crippen LogP contribution in [0.4, 0.5) is 0 Å². The first-order chi connectivity index (χ1) is 8.28. The first-order valence-electron chi connectivity index (χ1n) is 6.10.